The van der Waals surface area contributed by atoms with Crippen LogP contribution in [-0.2, 0) is 0 Å². The molecule has 0 aromatic heterocycles. The number of aliphatic hydroxyl groups is 1. The van der Waals surface area contributed by atoms with Crippen molar-refractivity contribution >= 4 is 31.9 Å². The zero-order valence-corrected chi connectivity index (χ0v) is 12.8. The topological polar surface area (TPSA) is 20.2 Å². The summed E-state index contributed by atoms with van der Waals surface area (Å²) in [4.78, 5) is 0. The summed E-state index contributed by atoms with van der Waals surface area (Å²) in [5.41, 5.74) is 1.99. The van der Waals surface area contributed by atoms with Gasteiger partial charge in [0.1, 0.15) is 11.9 Å². The Morgan fingerprint density at radius 1 is 1.06 bits per heavy atom. The molecule has 0 aliphatic heterocycles. The van der Waals surface area contributed by atoms with E-state index in [1.165, 1.54) is 6.07 Å². The number of aliphatic hydroxyl groups excluding tert-OH is 1. The predicted octanol–water partition coefficient (Wildman–Crippen LogP) is 4.74. The Labute approximate surface area is 122 Å². The molecular formula is C14H11Br2FO. The fourth-order valence-corrected chi connectivity index (χ4v) is 2.83. The maximum atomic E-state index is 13.7. The van der Waals surface area contributed by atoms with Gasteiger partial charge < -0.3 is 5.11 Å². The zero-order chi connectivity index (χ0) is 13.3. The molecule has 0 bridgehead atoms. The largest absolute Gasteiger partial charge is 0.384 e. The van der Waals surface area contributed by atoms with Gasteiger partial charge in [-0.15, -0.1) is 0 Å². The van der Waals surface area contributed by atoms with Crippen molar-refractivity contribution in [3.8, 4) is 0 Å². The van der Waals surface area contributed by atoms with Gasteiger partial charge in [0.25, 0.3) is 0 Å². The highest BCUT2D eigenvalue weighted by atomic mass is 79.9. The van der Waals surface area contributed by atoms with Gasteiger partial charge in [0.05, 0.1) is 0 Å². The number of halogens is 3. The fraction of sp³-hybridized carbons (Fsp3) is 0.143. The minimum absolute atomic E-state index is 0.258. The van der Waals surface area contributed by atoms with Crippen LogP contribution < -0.4 is 0 Å². The van der Waals surface area contributed by atoms with E-state index in [9.17, 15) is 9.50 Å². The third-order valence-electron chi connectivity index (χ3n) is 2.70. The normalized spacial score (nSPS) is 12.5. The molecule has 0 amide bonds. The monoisotopic (exact) mass is 372 g/mol. The quantitative estimate of drug-likeness (QED) is 0.805. The van der Waals surface area contributed by atoms with Gasteiger partial charge in [-0.05, 0) is 42.3 Å². The molecule has 18 heavy (non-hydrogen) atoms. The van der Waals surface area contributed by atoms with E-state index in [-0.39, 0.29) is 5.56 Å². The smallest absolute Gasteiger partial charge is 0.129 e. The maximum Gasteiger partial charge on any atom is 0.129 e. The van der Waals surface area contributed by atoms with E-state index in [0.29, 0.717) is 5.56 Å². The van der Waals surface area contributed by atoms with E-state index in [4.69, 9.17) is 0 Å². The molecule has 1 nitrogen and oxygen atoms in total. The predicted molar refractivity (Wildman–Crippen MR) is 77.0 cm³/mol. The summed E-state index contributed by atoms with van der Waals surface area (Å²) in [6.45, 7) is 1.96. The van der Waals surface area contributed by atoms with E-state index in [1.807, 2.05) is 19.1 Å². The fourth-order valence-electron chi connectivity index (χ4n) is 1.75. The lowest BCUT2D eigenvalue weighted by Crippen LogP contribution is -2.03. The molecule has 0 saturated carbocycles. The minimum Gasteiger partial charge on any atom is -0.384 e. The molecular weight excluding hydrogens is 363 g/mol. The van der Waals surface area contributed by atoms with Gasteiger partial charge in [0.15, 0.2) is 0 Å². The molecule has 0 saturated heterocycles. The highest BCUT2D eigenvalue weighted by Gasteiger charge is 2.17. The second kappa shape index (κ2) is 5.51. The summed E-state index contributed by atoms with van der Waals surface area (Å²) in [6, 6.07) is 10.1. The number of benzene rings is 2. The van der Waals surface area contributed by atoms with Crippen molar-refractivity contribution in [3.63, 3.8) is 0 Å². The second-order valence-corrected chi connectivity index (χ2v) is 5.86. The molecule has 1 unspecified atom stereocenters. The molecule has 4 heteroatoms. The third-order valence-corrected chi connectivity index (χ3v) is 3.88. The molecule has 2 aromatic rings. The van der Waals surface area contributed by atoms with Crippen molar-refractivity contribution in [2.24, 2.45) is 0 Å². The van der Waals surface area contributed by atoms with Crippen LogP contribution in [0.2, 0.25) is 0 Å². The first-order chi connectivity index (χ1) is 8.49. The molecule has 0 heterocycles. The van der Waals surface area contributed by atoms with Crippen LogP contribution in [0.1, 0.15) is 22.8 Å². The van der Waals surface area contributed by atoms with E-state index in [0.717, 1.165) is 14.5 Å². The van der Waals surface area contributed by atoms with Gasteiger partial charge in [-0.1, -0.05) is 44.0 Å². The van der Waals surface area contributed by atoms with Crippen molar-refractivity contribution in [2.45, 2.75) is 13.0 Å². The Kier molecular flexibility index (Phi) is 4.20. The maximum absolute atomic E-state index is 13.7. The molecule has 0 aliphatic rings. The van der Waals surface area contributed by atoms with Crippen LogP contribution in [0.5, 0.6) is 0 Å². The summed E-state index contributed by atoms with van der Waals surface area (Å²) >= 11 is 6.67. The zero-order valence-electron chi connectivity index (χ0n) is 9.62. The minimum atomic E-state index is -0.988. The highest BCUT2D eigenvalue weighted by Crippen LogP contribution is 2.31. The Bertz CT molecular complexity index is 584. The first-order valence-corrected chi connectivity index (χ1v) is 6.96. The van der Waals surface area contributed by atoms with Crippen LogP contribution >= 0.6 is 31.9 Å². The van der Waals surface area contributed by atoms with Crippen molar-refractivity contribution in [3.05, 3.63) is 67.9 Å². The Hall–Kier alpha value is -0.710. The Morgan fingerprint density at radius 2 is 1.78 bits per heavy atom. The highest BCUT2D eigenvalue weighted by molar-refractivity contribution is 9.10. The molecule has 94 valence electrons. The van der Waals surface area contributed by atoms with Gasteiger partial charge in [-0.3, -0.25) is 0 Å². The molecule has 2 aromatic carbocycles. The summed E-state index contributed by atoms with van der Waals surface area (Å²) in [6.07, 6.45) is -0.988. The van der Waals surface area contributed by atoms with Gasteiger partial charge in [-0.2, -0.15) is 0 Å². The van der Waals surface area contributed by atoms with Gasteiger partial charge in [-0.25, -0.2) is 4.39 Å². The first-order valence-electron chi connectivity index (χ1n) is 5.38. The molecule has 1 N–H and O–H groups in total. The lowest BCUT2D eigenvalue weighted by Gasteiger charge is -2.15. The third kappa shape index (κ3) is 2.82. The number of hydrogen-bond acceptors (Lipinski definition) is 1. The Balaban J connectivity index is 2.47. The second-order valence-electron chi connectivity index (χ2n) is 4.09. The summed E-state index contributed by atoms with van der Waals surface area (Å²) < 4.78 is 15.2. The Morgan fingerprint density at radius 3 is 2.44 bits per heavy atom. The number of rotatable bonds is 2. The molecule has 0 spiro atoms. The summed E-state index contributed by atoms with van der Waals surface area (Å²) in [5.74, 6) is -0.418. The average molecular weight is 374 g/mol. The molecule has 0 fully saturated rings. The van der Waals surface area contributed by atoms with Crippen LogP contribution in [0.15, 0.2) is 45.3 Å². The van der Waals surface area contributed by atoms with Crippen molar-refractivity contribution in [2.75, 3.05) is 0 Å². The lowest BCUT2D eigenvalue weighted by atomic mass is 10.0. The van der Waals surface area contributed by atoms with Crippen LogP contribution in [0.4, 0.5) is 4.39 Å². The number of aryl methyl sites for hydroxylation is 1. The molecule has 0 radical (unpaired) electrons. The average Bonchev–Trinajstić information content (AvgIpc) is 2.31. The molecule has 0 aliphatic carbocycles. The van der Waals surface area contributed by atoms with Crippen LogP contribution in [0.3, 0.4) is 0 Å². The van der Waals surface area contributed by atoms with Crippen molar-refractivity contribution in [1.29, 1.82) is 0 Å². The van der Waals surface area contributed by atoms with Crippen molar-refractivity contribution in [1.82, 2.24) is 0 Å². The van der Waals surface area contributed by atoms with Crippen LogP contribution in [0.25, 0.3) is 0 Å². The lowest BCUT2D eigenvalue weighted by molar-refractivity contribution is 0.214. The number of hydrogen-bond donors (Lipinski definition) is 1. The van der Waals surface area contributed by atoms with Gasteiger partial charge >= 0.3 is 0 Å². The first kappa shape index (κ1) is 13.7. The molecule has 2 rings (SSSR count). The summed E-state index contributed by atoms with van der Waals surface area (Å²) in [5, 5.41) is 10.3. The van der Waals surface area contributed by atoms with Gasteiger partial charge in [0, 0.05) is 14.5 Å². The van der Waals surface area contributed by atoms with E-state index >= 15 is 0 Å². The van der Waals surface area contributed by atoms with Crippen molar-refractivity contribution < 1.29 is 9.50 Å². The van der Waals surface area contributed by atoms with Crippen LogP contribution in [-0.4, -0.2) is 5.11 Å². The SMILES string of the molecule is Cc1ccc(C(O)c2cc(Br)ccc2F)c(Br)c1. The van der Waals surface area contributed by atoms with E-state index < -0.39 is 11.9 Å². The summed E-state index contributed by atoms with van der Waals surface area (Å²) in [7, 11) is 0. The van der Waals surface area contributed by atoms with Crippen LogP contribution in [0, 0.1) is 12.7 Å². The van der Waals surface area contributed by atoms with E-state index in [2.05, 4.69) is 31.9 Å². The standard InChI is InChI=1S/C14H11Br2FO/c1-8-2-4-10(12(16)6-8)14(18)11-7-9(15)3-5-13(11)17/h2-7,14,18H,1H3. The molecule has 1 atom stereocenters. The van der Waals surface area contributed by atoms with E-state index in [1.54, 1.807) is 18.2 Å². The van der Waals surface area contributed by atoms with Gasteiger partial charge in [0.2, 0.25) is 0 Å².